The Kier molecular flexibility index (Phi) is 10.3. The molecule has 0 aromatic heterocycles. The van der Waals surface area contributed by atoms with E-state index in [1.807, 2.05) is 54.6 Å². The van der Waals surface area contributed by atoms with Gasteiger partial charge in [-0.2, -0.15) is 26.3 Å². The molecule has 0 saturated heterocycles. The summed E-state index contributed by atoms with van der Waals surface area (Å²) in [6, 6.07) is 30.5. The monoisotopic (exact) mass is 979 g/mol. The van der Waals surface area contributed by atoms with E-state index in [1.165, 1.54) is 6.07 Å². The second-order valence-corrected chi connectivity index (χ2v) is 22.0. The van der Waals surface area contributed by atoms with Gasteiger partial charge in [0.05, 0.1) is 5.41 Å². The van der Waals surface area contributed by atoms with Crippen LogP contribution in [0, 0.1) is 11.8 Å². The zero-order valence-electron chi connectivity index (χ0n) is 38.8. The molecule has 0 N–H and O–H groups in total. The SMILES string of the molecule is CCCCCCC(CCCCCC)N1C(=O)c2ccc3c4cccc5c(C#CC67Sc8ccccc8C6=C6C(=C8Sc9ccccc9C87C)C(F)(F)C(F)(F)C6(F)F)ccc(c6ccc(c2c36)C1=O)c54. The first kappa shape index (κ1) is 45.4. The smallest absolute Gasteiger partial charge is 0.271 e. The number of fused-ring (bicyclic) bond motifs is 10. The van der Waals surface area contributed by atoms with Crippen molar-refractivity contribution in [2.24, 2.45) is 0 Å². The van der Waals surface area contributed by atoms with Crippen molar-refractivity contribution in [2.75, 3.05) is 0 Å². The highest BCUT2D eigenvalue weighted by molar-refractivity contribution is 8.04. The van der Waals surface area contributed by atoms with Crippen molar-refractivity contribution in [3.8, 4) is 11.8 Å². The van der Waals surface area contributed by atoms with Gasteiger partial charge in [-0.15, -0.1) is 0 Å². The molecular weight excluding hydrogens is 933 g/mol. The van der Waals surface area contributed by atoms with Gasteiger partial charge in [-0.05, 0) is 105 Å². The summed E-state index contributed by atoms with van der Waals surface area (Å²) in [5.74, 6) is -9.83. The number of thioether (sulfide) groups is 2. The van der Waals surface area contributed by atoms with Crippen LogP contribution < -0.4 is 0 Å². The molecule has 0 bridgehead atoms. The van der Waals surface area contributed by atoms with Crippen LogP contribution in [0.25, 0.3) is 48.7 Å². The fourth-order valence-electron chi connectivity index (χ4n) is 12.5. The molecule has 2 aliphatic carbocycles. The maximum Gasteiger partial charge on any atom is 0.380 e. The molecule has 7 aromatic rings. The van der Waals surface area contributed by atoms with E-state index in [1.54, 1.807) is 54.3 Å². The average molecular weight is 980 g/mol. The molecule has 12 rings (SSSR count). The number of imide groups is 1. The van der Waals surface area contributed by atoms with Crippen LogP contribution in [0.1, 0.15) is 122 Å². The van der Waals surface area contributed by atoms with Crippen LogP contribution in [0.5, 0.6) is 0 Å². The topological polar surface area (TPSA) is 37.4 Å². The summed E-state index contributed by atoms with van der Waals surface area (Å²) < 4.78 is 95.7. The van der Waals surface area contributed by atoms with Crippen LogP contribution in [0.15, 0.2) is 129 Å². The molecule has 5 aliphatic rings. The van der Waals surface area contributed by atoms with Gasteiger partial charge in [0.25, 0.3) is 11.8 Å². The van der Waals surface area contributed by atoms with Crippen LogP contribution in [0.2, 0.25) is 0 Å². The highest BCUT2D eigenvalue weighted by Gasteiger charge is 2.85. The molecule has 0 spiro atoms. The predicted molar refractivity (Wildman–Crippen MR) is 270 cm³/mol. The van der Waals surface area contributed by atoms with Crippen molar-refractivity contribution in [3.05, 3.63) is 147 Å². The normalized spacial score (nSPS) is 22.3. The zero-order valence-corrected chi connectivity index (χ0v) is 40.4. The van der Waals surface area contributed by atoms with Gasteiger partial charge in [0.15, 0.2) is 0 Å². The van der Waals surface area contributed by atoms with Crippen molar-refractivity contribution in [1.29, 1.82) is 0 Å². The highest BCUT2D eigenvalue weighted by atomic mass is 32.2. The average Bonchev–Trinajstić information content (AvgIpc) is 3.89. The van der Waals surface area contributed by atoms with Crippen molar-refractivity contribution in [1.82, 2.24) is 4.90 Å². The summed E-state index contributed by atoms with van der Waals surface area (Å²) in [5.41, 5.74) is -2.25. The van der Waals surface area contributed by atoms with E-state index in [9.17, 15) is 9.59 Å². The van der Waals surface area contributed by atoms with E-state index in [4.69, 9.17) is 0 Å². The van der Waals surface area contributed by atoms with Gasteiger partial charge in [0, 0.05) is 54.0 Å². The number of alkyl halides is 6. The van der Waals surface area contributed by atoms with Gasteiger partial charge < -0.3 is 0 Å². The summed E-state index contributed by atoms with van der Waals surface area (Å²) in [4.78, 5) is 31.7. The van der Waals surface area contributed by atoms with Crippen LogP contribution in [0.4, 0.5) is 26.3 Å². The first-order valence-corrected chi connectivity index (χ1v) is 26.1. The van der Waals surface area contributed by atoms with Crippen molar-refractivity contribution in [3.63, 3.8) is 0 Å². The van der Waals surface area contributed by atoms with Crippen LogP contribution in [-0.2, 0) is 5.41 Å². The van der Waals surface area contributed by atoms with Crippen molar-refractivity contribution < 1.29 is 35.9 Å². The van der Waals surface area contributed by atoms with E-state index in [0.717, 1.165) is 125 Å². The molecule has 70 heavy (non-hydrogen) atoms. The number of halogens is 6. The predicted octanol–water partition coefficient (Wildman–Crippen LogP) is 16.5. The number of unbranched alkanes of at least 4 members (excludes halogenated alkanes) is 6. The second kappa shape index (κ2) is 15.9. The molecule has 1 saturated carbocycles. The minimum Gasteiger partial charge on any atom is -0.271 e. The third-order valence-electron chi connectivity index (χ3n) is 15.9. The van der Waals surface area contributed by atoms with E-state index < -0.39 is 39.1 Å². The summed E-state index contributed by atoms with van der Waals surface area (Å²) in [5, 5.41) is 6.48. The molecule has 2 atom stereocenters. The Morgan fingerprint density at radius 1 is 0.557 bits per heavy atom. The number of carbonyl (C=O) groups is 2. The fourth-order valence-corrected chi connectivity index (χ4v) is 15.7. The number of nitrogens with zero attached hydrogens (tertiary/aromatic N) is 1. The first-order chi connectivity index (χ1) is 33.7. The van der Waals surface area contributed by atoms with Gasteiger partial charge in [0.2, 0.25) is 0 Å². The third kappa shape index (κ3) is 5.78. The molecule has 354 valence electrons. The Labute approximate surface area is 410 Å². The second-order valence-electron chi connectivity index (χ2n) is 19.7. The summed E-state index contributed by atoms with van der Waals surface area (Å²) in [6.45, 7) is 6.02. The lowest BCUT2D eigenvalue weighted by Gasteiger charge is -2.46. The first-order valence-electron chi connectivity index (χ1n) is 24.4. The minimum atomic E-state index is -5.70. The molecule has 11 heteroatoms. The molecule has 1 fully saturated rings. The largest absolute Gasteiger partial charge is 0.380 e. The van der Waals surface area contributed by atoms with Crippen LogP contribution in [-0.4, -0.2) is 45.3 Å². The molecule has 3 nitrogen and oxygen atoms in total. The Bertz CT molecular complexity index is 3480. The maximum absolute atomic E-state index is 16.6. The Morgan fingerprint density at radius 2 is 1.13 bits per heavy atom. The van der Waals surface area contributed by atoms with Gasteiger partial charge >= 0.3 is 17.8 Å². The summed E-state index contributed by atoms with van der Waals surface area (Å²) in [7, 11) is 0. The van der Waals surface area contributed by atoms with E-state index >= 15 is 26.3 Å². The standard InChI is InChI=1S/C59H47F6NO2S2/c1-4-6-8-10-17-34(18-11-9-7-5-2)66-53(67)41-29-27-38-36-21-16-20-35-33(25-26-37(46(35)36)39-28-30-42(54(66)68)48(41)47(38)39)31-32-56-49(40-19-12-14-23-44(40)70-56)50-51(58(62,63)59(64,65)57(50,60)61)52-55(56,3)43-22-13-15-24-45(43)69-52/h12-16,19-30,34H,4-11,17-18H2,1-3H3. The molecule has 3 aliphatic heterocycles. The Balaban J connectivity index is 1.04. The maximum atomic E-state index is 16.6. The van der Waals surface area contributed by atoms with Crippen molar-refractivity contribution >= 4 is 84.0 Å². The zero-order chi connectivity index (χ0) is 48.7. The number of rotatable bonds is 11. The number of hydrogen-bond acceptors (Lipinski definition) is 4. The molecule has 7 aromatic carbocycles. The lowest BCUT2D eigenvalue weighted by Crippen LogP contribution is -2.49. The van der Waals surface area contributed by atoms with Gasteiger partial charge in [-0.3, -0.25) is 14.5 Å². The minimum absolute atomic E-state index is 0.181. The lowest BCUT2D eigenvalue weighted by atomic mass is 9.61. The summed E-state index contributed by atoms with van der Waals surface area (Å²) >= 11 is 2.00. The highest BCUT2D eigenvalue weighted by Crippen LogP contribution is 2.78. The number of carbonyl (C=O) groups excluding carboxylic acids is 2. The summed E-state index contributed by atoms with van der Waals surface area (Å²) in [6.07, 6.45) is 9.94. The van der Waals surface area contributed by atoms with Crippen molar-refractivity contribution in [2.45, 2.75) is 129 Å². The van der Waals surface area contributed by atoms with Gasteiger partial charge in [-0.25, -0.2) is 0 Å². The van der Waals surface area contributed by atoms with E-state index in [-0.39, 0.29) is 33.9 Å². The van der Waals surface area contributed by atoms with E-state index in [2.05, 4.69) is 25.7 Å². The van der Waals surface area contributed by atoms with Gasteiger partial charge in [-0.1, -0.05) is 173 Å². The van der Waals surface area contributed by atoms with Gasteiger partial charge in [0.1, 0.15) is 4.75 Å². The lowest BCUT2D eigenvalue weighted by molar-refractivity contribution is -0.257. The molecule has 3 heterocycles. The van der Waals surface area contributed by atoms with Crippen LogP contribution >= 0.6 is 23.5 Å². The Hall–Kier alpha value is -5.70. The third-order valence-corrected chi connectivity index (χ3v) is 18.9. The number of allylic oxidation sites excluding steroid dienone is 3. The molecule has 2 unspecified atom stereocenters. The molecular formula is C59H47F6NO2S2. The Morgan fingerprint density at radius 3 is 1.80 bits per heavy atom. The molecule has 0 radical (unpaired) electrons. The number of amides is 2. The van der Waals surface area contributed by atoms with Crippen LogP contribution in [0.3, 0.4) is 0 Å². The fraction of sp³-hybridized carbons (Fsp3) is 0.322. The quantitative estimate of drug-likeness (QED) is 0.0323. The number of benzene rings is 7. The van der Waals surface area contributed by atoms with E-state index in [0.29, 0.717) is 37.4 Å². The number of hydrogen-bond donors (Lipinski definition) is 0. The molecule has 2 amide bonds.